The second-order valence-electron chi connectivity index (χ2n) is 4.92. The maximum absolute atomic E-state index is 13.4. The van der Waals surface area contributed by atoms with E-state index >= 15 is 0 Å². The molecule has 0 saturated heterocycles. The highest BCUT2D eigenvalue weighted by Crippen LogP contribution is 2.32. The summed E-state index contributed by atoms with van der Waals surface area (Å²) in [5.41, 5.74) is 1.72. The SMILES string of the molecule is Fc1ccc2ncnc(NCc3ccc4c(c3)OCO4)c2c1. The summed E-state index contributed by atoms with van der Waals surface area (Å²) in [7, 11) is 0. The van der Waals surface area contributed by atoms with Crippen LogP contribution in [-0.2, 0) is 6.54 Å². The van der Waals surface area contributed by atoms with Crippen LogP contribution in [0.4, 0.5) is 10.2 Å². The van der Waals surface area contributed by atoms with Crippen LogP contribution >= 0.6 is 0 Å². The molecule has 110 valence electrons. The lowest BCUT2D eigenvalue weighted by Gasteiger charge is -2.09. The van der Waals surface area contributed by atoms with Crippen molar-refractivity contribution in [1.82, 2.24) is 9.97 Å². The van der Waals surface area contributed by atoms with Crippen LogP contribution in [0.3, 0.4) is 0 Å². The van der Waals surface area contributed by atoms with Crippen molar-refractivity contribution >= 4 is 16.7 Å². The molecule has 6 heteroatoms. The van der Waals surface area contributed by atoms with E-state index < -0.39 is 0 Å². The van der Waals surface area contributed by atoms with Gasteiger partial charge in [0, 0.05) is 11.9 Å². The second kappa shape index (κ2) is 5.14. The lowest BCUT2D eigenvalue weighted by atomic mass is 10.2. The molecule has 1 aliphatic rings. The van der Waals surface area contributed by atoms with E-state index in [-0.39, 0.29) is 12.6 Å². The molecule has 0 unspecified atom stereocenters. The van der Waals surface area contributed by atoms with E-state index in [1.165, 1.54) is 18.5 Å². The first-order valence-electron chi connectivity index (χ1n) is 6.82. The van der Waals surface area contributed by atoms with Gasteiger partial charge in [-0.1, -0.05) is 6.07 Å². The van der Waals surface area contributed by atoms with Gasteiger partial charge in [-0.2, -0.15) is 0 Å². The van der Waals surface area contributed by atoms with Gasteiger partial charge in [-0.3, -0.25) is 0 Å². The lowest BCUT2D eigenvalue weighted by Crippen LogP contribution is -2.02. The van der Waals surface area contributed by atoms with Crippen LogP contribution < -0.4 is 14.8 Å². The number of fused-ring (bicyclic) bond motifs is 2. The number of anilines is 1. The number of hydrogen-bond acceptors (Lipinski definition) is 5. The molecule has 0 spiro atoms. The van der Waals surface area contributed by atoms with Gasteiger partial charge in [0.2, 0.25) is 6.79 Å². The number of aromatic nitrogens is 2. The minimum atomic E-state index is -0.312. The van der Waals surface area contributed by atoms with Gasteiger partial charge in [0.05, 0.1) is 5.52 Å². The summed E-state index contributed by atoms with van der Waals surface area (Å²) >= 11 is 0. The Morgan fingerprint density at radius 2 is 1.95 bits per heavy atom. The van der Waals surface area contributed by atoms with Gasteiger partial charge < -0.3 is 14.8 Å². The fraction of sp³-hybridized carbons (Fsp3) is 0.125. The number of nitrogens with zero attached hydrogens (tertiary/aromatic N) is 2. The molecule has 0 fully saturated rings. The molecule has 0 amide bonds. The zero-order valence-corrected chi connectivity index (χ0v) is 11.5. The minimum absolute atomic E-state index is 0.252. The van der Waals surface area contributed by atoms with Gasteiger partial charge in [0.25, 0.3) is 0 Å². The fourth-order valence-corrected chi connectivity index (χ4v) is 2.41. The van der Waals surface area contributed by atoms with Crippen LogP contribution in [0.2, 0.25) is 0 Å². The standard InChI is InChI=1S/C16H12FN3O2/c17-11-2-3-13-12(6-11)16(20-8-19-13)18-7-10-1-4-14-15(5-10)22-9-21-14/h1-6,8H,7,9H2,(H,18,19,20). The molecule has 0 bridgehead atoms. The largest absolute Gasteiger partial charge is 0.454 e. The third kappa shape index (κ3) is 2.28. The Morgan fingerprint density at radius 1 is 1.05 bits per heavy atom. The molecule has 0 radical (unpaired) electrons. The van der Waals surface area contributed by atoms with Crippen molar-refractivity contribution in [2.24, 2.45) is 0 Å². The predicted molar refractivity (Wildman–Crippen MR) is 79.4 cm³/mol. The van der Waals surface area contributed by atoms with E-state index in [4.69, 9.17) is 9.47 Å². The van der Waals surface area contributed by atoms with Crippen LogP contribution in [0.1, 0.15) is 5.56 Å². The Labute approximate surface area is 125 Å². The fourth-order valence-electron chi connectivity index (χ4n) is 2.41. The summed E-state index contributed by atoms with van der Waals surface area (Å²) in [4.78, 5) is 8.32. The molecule has 1 N–H and O–H groups in total. The smallest absolute Gasteiger partial charge is 0.231 e. The van der Waals surface area contributed by atoms with E-state index in [1.54, 1.807) is 6.07 Å². The summed E-state index contributed by atoms with van der Waals surface area (Å²) in [6.07, 6.45) is 1.46. The van der Waals surface area contributed by atoms with Crippen LogP contribution in [0.5, 0.6) is 11.5 Å². The van der Waals surface area contributed by atoms with Crippen molar-refractivity contribution in [2.75, 3.05) is 12.1 Å². The summed E-state index contributed by atoms with van der Waals surface area (Å²) < 4.78 is 24.1. The molecule has 1 aliphatic heterocycles. The number of ether oxygens (including phenoxy) is 2. The Kier molecular flexibility index (Phi) is 3.00. The second-order valence-corrected chi connectivity index (χ2v) is 4.92. The van der Waals surface area contributed by atoms with Crippen LogP contribution in [-0.4, -0.2) is 16.8 Å². The number of hydrogen-bond donors (Lipinski definition) is 1. The zero-order valence-electron chi connectivity index (χ0n) is 11.5. The third-order valence-electron chi connectivity index (χ3n) is 3.49. The highest BCUT2D eigenvalue weighted by atomic mass is 19.1. The maximum Gasteiger partial charge on any atom is 0.231 e. The normalized spacial score (nSPS) is 12.6. The molecule has 5 nitrogen and oxygen atoms in total. The summed E-state index contributed by atoms with van der Waals surface area (Å²) in [6.45, 7) is 0.793. The van der Waals surface area contributed by atoms with Gasteiger partial charge in [-0.05, 0) is 35.9 Å². The number of nitrogens with one attached hydrogen (secondary N) is 1. The zero-order chi connectivity index (χ0) is 14.9. The molecule has 0 atom stereocenters. The predicted octanol–water partition coefficient (Wildman–Crippen LogP) is 3.11. The van der Waals surface area contributed by atoms with Crippen molar-refractivity contribution in [3.63, 3.8) is 0 Å². The van der Waals surface area contributed by atoms with Gasteiger partial charge >= 0.3 is 0 Å². The lowest BCUT2D eigenvalue weighted by molar-refractivity contribution is 0.174. The third-order valence-corrected chi connectivity index (χ3v) is 3.49. The summed E-state index contributed by atoms with van der Waals surface area (Å²) in [5, 5.41) is 3.86. The first kappa shape index (κ1) is 12.8. The van der Waals surface area contributed by atoms with E-state index in [1.807, 2.05) is 18.2 Å². The van der Waals surface area contributed by atoms with Crippen molar-refractivity contribution in [1.29, 1.82) is 0 Å². The monoisotopic (exact) mass is 297 g/mol. The molecule has 3 aromatic rings. The van der Waals surface area contributed by atoms with Gasteiger partial charge in [-0.15, -0.1) is 0 Å². The van der Waals surface area contributed by atoms with E-state index in [9.17, 15) is 4.39 Å². The number of benzene rings is 2. The molecule has 0 saturated carbocycles. The minimum Gasteiger partial charge on any atom is -0.454 e. The van der Waals surface area contributed by atoms with Crippen molar-refractivity contribution in [2.45, 2.75) is 6.54 Å². The van der Waals surface area contributed by atoms with Crippen LogP contribution in [0.15, 0.2) is 42.7 Å². The van der Waals surface area contributed by atoms with Gasteiger partial charge in [0.15, 0.2) is 11.5 Å². The average molecular weight is 297 g/mol. The Bertz CT molecular complexity index is 854. The molecular weight excluding hydrogens is 285 g/mol. The van der Waals surface area contributed by atoms with Gasteiger partial charge in [-0.25, -0.2) is 14.4 Å². The highest BCUT2D eigenvalue weighted by molar-refractivity contribution is 5.88. The Balaban J connectivity index is 1.60. The molecule has 4 rings (SSSR count). The van der Waals surface area contributed by atoms with E-state index in [2.05, 4.69) is 15.3 Å². The summed E-state index contributed by atoms with van der Waals surface area (Å²) in [5.74, 6) is 1.77. The van der Waals surface area contributed by atoms with Gasteiger partial charge in [0.1, 0.15) is 18.0 Å². The van der Waals surface area contributed by atoms with E-state index in [0.717, 1.165) is 17.1 Å². The molecular formula is C16H12FN3O2. The Morgan fingerprint density at radius 3 is 2.91 bits per heavy atom. The van der Waals surface area contributed by atoms with E-state index in [0.29, 0.717) is 23.3 Å². The highest BCUT2D eigenvalue weighted by Gasteiger charge is 2.13. The maximum atomic E-state index is 13.4. The number of rotatable bonds is 3. The van der Waals surface area contributed by atoms with Crippen molar-refractivity contribution in [3.8, 4) is 11.5 Å². The van der Waals surface area contributed by atoms with Crippen LogP contribution in [0, 0.1) is 5.82 Å². The van der Waals surface area contributed by atoms with Crippen molar-refractivity contribution < 1.29 is 13.9 Å². The molecule has 2 heterocycles. The molecule has 0 aliphatic carbocycles. The number of halogens is 1. The van der Waals surface area contributed by atoms with Crippen LogP contribution in [0.25, 0.3) is 10.9 Å². The molecule has 2 aromatic carbocycles. The molecule has 22 heavy (non-hydrogen) atoms. The first-order valence-corrected chi connectivity index (χ1v) is 6.82. The topological polar surface area (TPSA) is 56.3 Å². The Hall–Kier alpha value is -2.89. The molecule has 1 aromatic heterocycles. The average Bonchev–Trinajstić information content (AvgIpc) is 3.00. The summed E-state index contributed by atoms with van der Waals surface area (Å²) in [6, 6.07) is 10.2. The first-order chi connectivity index (χ1) is 10.8. The van der Waals surface area contributed by atoms with Crippen molar-refractivity contribution in [3.05, 3.63) is 54.1 Å². The quantitative estimate of drug-likeness (QED) is 0.805.